The van der Waals surface area contributed by atoms with Crippen LogP contribution in [0.5, 0.6) is 0 Å². The van der Waals surface area contributed by atoms with Gasteiger partial charge in [-0.2, -0.15) is 0 Å². The Balaban J connectivity index is 1.30. The van der Waals surface area contributed by atoms with Crippen LogP contribution in [0, 0.1) is 5.41 Å². The number of likely N-dealkylation sites (tertiary alicyclic amines) is 1. The van der Waals surface area contributed by atoms with Gasteiger partial charge in [-0.1, -0.05) is 6.42 Å². The van der Waals surface area contributed by atoms with Crippen molar-refractivity contribution in [3.05, 3.63) is 24.2 Å². The van der Waals surface area contributed by atoms with Crippen molar-refractivity contribution in [2.24, 2.45) is 10.4 Å². The molecule has 0 unspecified atom stereocenters. The summed E-state index contributed by atoms with van der Waals surface area (Å²) in [7, 11) is 1.88. The summed E-state index contributed by atoms with van der Waals surface area (Å²) in [5.41, 5.74) is 0.615. The van der Waals surface area contributed by atoms with Gasteiger partial charge in [0, 0.05) is 33.3 Å². The van der Waals surface area contributed by atoms with Gasteiger partial charge in [-0.25, -0.2) is 0 Å². The summed E-state index contributed by atoms with van der Waals surface area (Å²) >= 11 is 0. The van der Waals surface area contributed by atoms with Gasteiger partial charge in [-0.15, -0.1) is 0 Å². The first-order chi connectivity index (χ1) is 10.8. The zero-order chi connectivity index (χ0) is 15.3. The number of nitrogens with zero attached hydrogens (tertiary/aromatic N) is 2. The Morgan fingerprint density at radius 1 is 1.45 bits per heavy atom. The molecule has 2 heterocycles. The second-order valence-corrected chi connectivity index (χ2v) is 6.48. The summed E-state index contributed by atoms with van der Waals surface area (Å²) in [6.07, 6.45) is 8.20. The number of furan rings is 1. The Labute approximate surface area is 132 Å². The summed E-state index contributed by atoms with van der Waals surface area (Å²) in [4.78, 5) is 6.85. The standard InChI is InChI=1S/C17H27N3O2/c1-18-16(20-10-8-17(14-20)6-3-7-17)19-9-4-11-21-13-15-5-2-12-22-15/h2,5,12H,3-4,6-11,13-14H2,1H3,(H,18,19). The Morgan fingerprint density at radius 2 is 2.36 bits per heavy atom. The predicted molar refractivity (Wildman–Crippen MR) is 86.8 cm³/mol. The van der Waals surface area contributed by atoms with Crippen LogP contribution in [0.25, 0.3) is 0 Å². The number of hydrogen-bond donors (Lipinski definition) is 1. The maximum Gasteiger partial charge on any atom is 0.193 e. The van der Waals surface area contributed by atoms with E-state index in [9.17, 15) is 0 Å². The zero-order valence-electron chi connectivity index (χ0n) is 13.5. The lowest BCUT2D eigenvalue weighted by Gasteiger charge is -2.38. The predicted octanol–water partition coefficient (Wildman–Crippen LogP) is 2.64. The number of ether oxygens (including phenoxy) is 1. The highest BCUT2D eigenvalue weighted by molar-refractivity contribution is 5.80. The highest BCUT2D eigenvalue weighted by atomic mass is 16.5. The van der Waals surface area contributed by atoms with Crippen LogP contribution in [0.4, 0.5) is 0 Å². The number of hydrogen-bond acceptors (Lipinski definition) is 3. The molecule has 0 aromatic carbocycles. The van der Waals surface area contributed by atoms with Crippen molar-refractivity contribution in [1.29, 1.82) is 0 Å². The summed E-state index contributed by atoms with van der Waals surface area (Å²) < 4.78 is 10.8. The molecule has 2 aliphatic rings. The monoisotopic (exact) mass is 305 g/mol. The molecule has 22 heavy (non-hydrogen) atoms. The molecule has 1 spiro atoms. The number of guanidine groups is 1. The molecule has 1 saturated heterocycles. The van der Waals surface area contributed by atoms with E-state index >= 15 is 0 Å². The molecule has 1 aliphatic carbocycles. The lowest BCUT2D eigenvalue weighted by atomic mass is 9.68. The van der Waals surface area contributed by atoms with Gasteiger partial charge in [0.2, 0.25) is 0 Å². The molecular weight excluding hydrogens is 278 g/mol. The van der Waals surface area contributed by atoms with Crippen molar-refractivity contribution < 1.29 is 9.15 Å². The Hall–Kier alpha value is -1.49. The highest BCUT2D eigenvalue weighted by Crippen LogP contribution is 2.47. The Bertz CT molecular complexity index is 480. The van der Waals surface area contributed by atoms with Crippen LogP contribution in [-0.4, -0.2) is 44.1 Å². The van der Waals surface area contributed by atoms with E-state index in [4.69, 9.17) is 9.15 Å². The smallest absolute Gasteiger partial charge is 0.193 e. The van der Waals surface area contributed by atoms with E-state index in [0.717, 1.165) is 37.8 Å². The topological polar surface area (TPSA) is 50.0 Å². The van der Waals surface area contributed by atoms with Crippen LogP contribution >= 0.6 is 0 Å². The molecule has 1 saturated carbocycles. The third kappa shape index (κ3) is 3.64. The van der Waals surface area contributed by atoms with Crippen molar-refractivity contribution in [2.45, 2.75) is 38.7 Å². The Kier molecular flexibility index (Phi) is 5.03. The largest absolute Gasteiger partial charge is 0.467 e. The third-order valence-corrected chi connectivity index (χ3v) is 4.94. The van der Waals surface area contributed by atoms with Gasteiger partial charge in [0.25, 0.3) is 0 Å². The summed E-state index contributed by atoms with van der Waals surface area (Å²) in [5, 5.41) is 3.46. The van der Waals surface area contributed by atoms with E-state index in [-0.39, 0.29) is 0 Å². The first kappa shape index (κ1) is 15.4. The van der Waals surface area contributed by atoms with Gasteiger partial charge in [0.1, 0.15) is 12.4 Å². The fraction of sp³-hybridized carbons (Fsp3) is 0.706. The minimum atomic E-state index is 0.552. The quantitative estimate of drug-likeness (QED) is 0.499. The molecule has 0 bridgehead atoms. The van der Waals surface area contributed by atoms with Crippen LogP contribution in [0.3, 0.4) is 0 Å². The Morgan fingerprint density at radius 3 is 3.00 bits per heavy atom. The number of aliphatic imine (C=N–C) groups is 1. The second kappa shape index (κ2) is 7.18. The van der Waals surface area contributed by atoms with Crippen molar-refractivity contribution in [2.75, 3.05) is 33.3 Å². The molecular formula is C17H27N3O2. The maximum atomic E-state index is 5.59. The normalized spacial score (nSPS) is 20.4. The van der Waals surface area contributed by atoms with Gasteiger partial charge in [0.05, 0.1) is 6.26 Å². The highest BCUT2D eigenvalue weighted by Gasteiger charge is 2.43. The molecule has 1 aromatic heterocycles. The van der Waals surface area contributed by atoms with Crippen LogP contribution in [0.1, 0.15) is 37.9 Å². The molecule has 1 aromatic rings. The SMILES string of the molecule is CN=C(NCCCOCc1ccco1)N1CCC2(CCC2)C1. The summed E-state index contributed by atoms with van der Waals surface area (Å²) in [6, 6.07) is 3.82. The molecule has 0 atom stereocenters. The van der Waals surface area contributed by atoms with Crippen molar-refractivity contribution in [3.8, 4) is 0 Å². The van der Waals surface area contributed by atoms with Crippen LogP contribution in [-0.2, 0) is 11.3 Å². The maximum absolute atomic E-state index is 5.59. The van der Waals surface area contributed by atoms with E-state index in [1.165, 1.54) is 32.2 Å². The first-order valence-electron chi connectivity index (χ1n) is 8.37. The first-order valence-corrected chi connectivity index (χ1v) is 8.37. The lowest BCUT2D eigenvalue weighted by Crippen LogP contribution is -2.42. The van der Waals surface area contributed by atoms with Crippen molar-refractivity contribution in [3.63, 3.8) is 0 Å². The van der Waals surface area contributed by atoms with Crippen LogP contribution in [0.2, 0.25) is 0 Å². The molecule has 0 amide bonds. The molecule has 0 radical (unpaired) electrons. The molecule has 2 fully saturated rings. The van der Waals surface area contributed by atoms with E-state index < -0.39 is 0 Å². The molecule has 1 aliphatic heterocycles. The molecule has 1 N–H and O–H groups in total. The summed E-state index contributed by atoms with van der Waals surface area (Å²) in [6.45, 7) is 4.51. The minimum Gasteiger partial charge on any atom is -0.467 e. The van der Waals surface area contributed by atoms with E-state index in [0.29, 0.717) is 12.0 Å². The van der Waals surface area contributed by atoms with Crippen LogP contribution in [0.15, 0.2) is 27.8 Å². The van der Waals surface area contributed by atoms with E-state index in [2.05, 4.69) is 15.2 Å². The average Bonchev–Trinajstić information content (AvgIpc) is 3.15. The lowest BCUT2D eigenvalue weighted by molar-refractivity contribution is 0.104. The van der Waals surface area contributed by atoms with Gasteiger partial charge >= 0.3 is 0 Å². The van der Waals surface area contributed by atoms with Crippen LogP contribution < -0.4 is 5.32 Å². The number of nitrogens with one attached hydrogen (secondary N) is 1. The fourth-order valence-corrected chi connectivity index (χ4v) is 3.47. The molecule has 5 nitrogen and oxygen atoms in total. The van der Waals surface area contributed by atoms with Gasteiger partial charge < -0.3 is 19.4 Å². The second-order valence-electron chi connectivity index (χ2n) is 6.48. The fourth-order valence-electron chi connectivity index (χ4n) is 3.47. The van der Waals surface area contributed by atoms with Crippen molar-refractivity contribution in [1.82, 2.24) is 10.2 Å². The van der Waals surface area contributed by atoms with Gasteiger partial charge in [-0.05, 0) is 43.2 Å². The minimum absolute atomic E-state index is 0.552. The summed E-state index contributed by atoms with van der Waals surface area (Å²) in [5.74, 6) is 1.93. The van der Waals surface area contributed by atoms with E-state index in [1.807, 2.05) is 19.2 Å². The molecule has 5 heteroatoms. The van der Waals surface area contributed by atoms with Crippen molar-refractivity contribution >= 4 is 5.96 Å². The zero-order valence-corrected chi connectivity index (χ0v) is 13.5. The molecule has 122 valence electrons. The van der Waals surface area contributed by atoms with Gasteiger partial charge in [0.15, 0.2) is 5.96 Å². The average molecular weight is 305 g/mol. The van der Waals surface area contributed by atoms with E-state index in [1.54, 1.807) is 6.26 Å². The third-order valence-electron chi connectivity index (χ3n) is 4.94. The molecule has 3 rings (SSSR count). The van der Waals surface area contributed by atoms with Gasteiger partial charge in [-0.3, -0.25) is 4.99 Å². The number of rotatable bonds is 6.